The minimum atomic E-state index is -4.24. The van der Waals surface area contributed by atoms with E-state index in [0.29, 0.717) is 16.8 Å². The molecule has 0 unspecified atom stereocenters. The van der Waals surface area contributed by atoms with Crippen LogP contribution in [0.25, 0.3) is 0 Å². The summed E-state index contributed by atoms with van der Waals surface area (Å²) in [6.45, 7) is 0.682. The number of anilines is 1. The van der Waals surface area contributed by atoms with Gasteiger partial charge in [0.2, 0.25) is 0 Å². The van der Waals surface area contributed by atoms with Crippen LogP contribution in [0.1, 0.15) is 11.1 Å². The van der Waals surface area contributed by atoms with Crippen molar-refractivity contribution in [1.82, 2.24) is 0 Å². The minimum absolute atomic E-state index is 0.0990. The molecule has 0 saturated carbocycles. The average molecular weight is 245 g/mol. The molecule has 0 spiro atoms. The fraction of sp³-hybridized carbons (Fsp3) is 0.364. The van der Waals surface area contributed by atoms with Gasteiger partial charge in [0.15, 0.2) is 0 Å². The third-order valence-corrected chi connectivity index (χ3v) is 2.34. The van der Waals surface area contributed by atoms with Gasteiger partial charge in [0, 0.05) is 18.3 Å². The SMILES string of the molecule is Cc1cc(C(=N)N)ccc1N(C)CC(F)(F)F. The summed E-state index contributed by atoms with van der Waals surface area (Å²) in [6, 6.07) is 4.68. The van der Waals surface area contributed by atoms with Crippen LogP contribution in [0.5, 0.6) is 0 Å². The largest absolute Gasteiger partial charge is 0.405 e. The second-order valence-corrected chi connectivity index (χ2v) is 3.89. The maximum atomic E-state index is 12.2. The number of aryl methyl sites for hydroxylation is 1. The van der Waals surface area contributed by atoms with Crippen LogP contribution in [0.2, 0.25) is 0 Å². The van der Waals surface area contributed by atoms with Crippen molar-refractivity contribution in [3.8, 4) is 0 Å². The standard InChI is InChI=1S/C11H14F3N3/c1-7-5-8(10(15)16)3-4-9(7)17(2)6-11(12,13)14/h3-5H,6H2,1-2H3,(H3,15,16). The molecule has 0 fully saturated rings. The first kappa shape index (κ1) is 13.3. The number of nitrogens with one attached hydrogen (secondary N) is 1. The van der Waals surface area contributed by atoms with Crippen LogP contribution < -0.4 is 10.6 Å². The molecule has 0 bridgehead atoms. The number of rotatable bonds is 3. The third-order valence-electron chi connectivity index (χ3n) is 2.34. The van der Waals surface area contributed by atoms with Crippen LogP contribution in [-0.4, -0.2) is 25.6 Å². The molecule has 1 rings (SSSR count). The lowest BCUT2D eigenvalue weighted by Crippen LogP contribution is -2.31. The van der Waals surface area contributed by atoms with Crippen molar-refractivity contribution in [2.75, 3.05) is 18.5 Å². The van der Waals surface area contributed by atoms with Gasteiger partial charge in [-0.25, -0.2) is 0 Å². The van der Waals surface area contributed by atoms with E-state index in [4.69, 9.17) is 11.1 Å². The lowest BCUT2D eigenvalue weighted by Gasteiger charge is -2.23. The second-order valence-electron chi connectivity index (χ2n) is 3.89. The summed E-state index contributed by atoms with van der Waals surface area (Å²) in [7, 11) is 1.38. The van der Waals surface area contributed by atoms with Crippen molar-refractivity contribution in [2.24, 2.45) is 5.73 Å². The minimum Gasteiger partial charge on any atom is -0.384 e. The fourth-order valence-electron chi connectivity index (χ4n) is 1.61. The summed E-state index contributed by atoms with van der Waals surface area (Å²) in [6.07, 6.45) is -4.24. The van der Waals surface area contributed by atoms with Crippen LogP contribution in [0.4, 0.5) is 18.9 Å². The van der Waals surface area contributed by atoms with Gasteiger partial charge in [-0.15, -0.1) is 0 Å². The van der Waals surface area contributed by atoms with Crippen LogP contribution in [0.15, 0.2) is 18.2 Å². The van der Waals surface area contributed by atoms with Gasteiger partial charge in [0.1, 0.15) is 12.4 Å². The van der Waals surface area contributed by atoms with Crippen molar-refractivity contribution < 1.29 is 13.2 Å². The van der Waals surface area contributed by atoms with E-state index in [1.54, 1.807) is 13.0 Å². The van der Waals surface area contributed by atoms with E-state index < -0.39 is 12.7 Å². The number of nitrogen functional groups attached to an aromatic ring is 1. The Morgan fingerprint density at radius 3 is 2.41 bits per heavy atom. The van der Waals surface area contributed by atoms with Gasteiger partial charge in [-0.3, -0.25) is 5.41 Å². The summed E-state index contributed by atoms with van der Waals surface area (Å²) in [5.41, 5.74) is 6.94. The molecule has 0 atom stereocenters. The molecule has 0 radical (unpaired) electrons. The molecular formula is C11H14F3N3. The molecule has 6 heteroatoms. The van der Waals surface area contributed by atoms with E-state index in [1.807, 2.05) is 0 Å². The van der Waals surface area contributed by atoms with E-state index >= 15 is 0 Å². The van der Waals surface area contributed by atoms with E-state index in [2.05, 4.69) is 0 Å². The molecule has 0 saturated heterocycles. The lowest BCUT2D eigenvalue weighted by molar-refractivity contribution is -0.119. The predicted octanol–water partition coefficient (Wildman–Crippen LogP) is 2.28. The van der Waals surface area contributed by atoms with Crippen LogP contribution in [0.3, 0.4) is 0 Å². The molecule has 1 aromatic rings. The van der Waals surface area contributed by atoms with E-state index in [1.165, 1.54) is 19.2 Å². The Bertz CT molecular complexity index is 426. The van der Waals surface area contributed by atoms with Crippen LogP contribution >= 0.6 is 0 Å². The van der Waals surface area contributed by atoms with Gasteiger partial charge in [-0.2, -0.15) is 13.2 Å². The highest BCUT2D eigenvalue weighted by Crippen LogP contribution is 2.24. The number of alkyl halides is 3. The van der Waals surface area contributed by atoms with Crippen molar-refractivity contribution in [1.29, 1.82) is 5.41 Å². The van der Waals surface area contributed by atoms with E-state index in [0.717, 1.165) is 4.90 Å². The highest BCUT2D eigenvalue weighted by atomic mass is 19.4. The van der Waals surface area contributed by atoms with Crippen LogP contribution in [0, 0.1) is 12.3 Å². The molecule has 94 valence electrons. The Kier molecular flexibility index (Phi) is 3.65. The lowest BCUT2D eigenvalue weighted by atomic mass is 10.1. The van der Waals surface area contributed by atoms with Gasteiger partial charge in [0.25, 0.3) is 0 Å². The molecular weight excluding hydrogens is 231 g/mol. The third kappa shape index (κ3) is 3.65. The Hall–Kier alpha value is -1.72. The maximum Gasteiger partial charge on any atom is 0.405 e. The summed E-state index contributed by atoms with van der Waals surface area (Å²) < 4.78 is 36.7. The van der Waals surface area contributed by atoms with Gasteiger partial charge >= 0.3 is 6.18 Å². The number of hydrogen-bond donors (Lipinski definition) is 2. The molecule has 0 aliphatic carbocycles. The normalized spacial score (nSPS) is 11.4. The molecule has 1 aromatic carbocycles. The summed E-state index contributed by atoms with van der Waals surface area (Å²) in [4.78, 5) is 1.12. The first-order valence-electron chi connectivity index (χ1n) is 4.93. The van der Waals surface area contributed by atoms with Crippen molar-refractivity contribution in [3.05, 3.63) is 29.3 Å². The zero-order valence-electron chi connectivity index (χ0n) is 9.60. The number of hydrogen-bond acceptors (Lipinski definition) is 2. The predicted molar refractivity (Wildman–Crippen MR) is 61.5 cm³/mol. The molecule has 0 amide bonds. The molecule has 17 heavy (non-hydrogen) atoms. The van der Waals surface area contributed by atoms with E-state index in [9.17, 15) is 13.2 Å². The second kappa shape index (κ2) is 4.65. The number of nitrogens with two attached hydrogens (primary N) is 1. The highest BCUT2D eigenvalue weighted by molar-refractivity contribution is 5.95. The monoisotopic (exact) mass is 245 g/mol. The molecule has 0 aliphatic rings. The van der Waals surface area contributed by atoms with Crippen molar-refractivity contribution >= 4 is 11.5 Å². The molecule has 0 aromatic heterocycles. The average Bonchev–Trinajstić information content (AvgIpc) is 2.14. The summed E-state index contributed by atoms with van der Waals surface area (Å²) in [5, 5.41) is 7.24. The highest BCUT2D eigenvalue weighted by Gasteiger charge is 2.29. The Labute approximate surface area is 97.5 Å². The smallest absolute Gasteiger partial charge is 0.384 e. The molecule has 3 nitrogen and oxygen atoms in total. The van der Waals surface area contributed by atoms with Gasteiger partial charge in [-0.05, 0) is 30.7 Å². The topological polar surface area (TPSA) is 53.1 Å². The first-order chi connectivity index (χ1) is 7.70. The quantitative estimate of drug-likeness (QED) is 0.634. The van der Waals surface area contributed by atoms with Crippen molar-refractivity contribution in [3.63, 3.8) is 0 Å². The zero-order chi connectivity index (χ0) is 13.2. The zero-order valence-corrected chi connectivity index (χ0v) is 9.60. The summed E-state index contributed by atoms with van der Waals surface area (Å²) >= 11 is 0. The van der Waals surface area contributed by atoms with Gasteiger partial charge in [-0.1, -0.05) is 0 Å². The summed E-state index contributed by atoms with van der Waals surface area (Å²) in [5.74, 6) is -0.0990. The molecule has 3 N–H and O–H groups in total. The molecule has 0 aliphatic heterocycles. The van der Waals surface area contributed by atoms with Gasteiger partial charge < -0.3 is 10.6 Å². The maximum absolute atomic E-state index is 12.2. The van der Waals surface area contributed by atoms with Crippen molar-refractivity contribution in [2.45, 2.75) is 13.1 Å². The van der Waals surface area contributed by atoms with Gasteiger partial charge in [0.05, 0.1) is 0 Å². The number of halogens is 3. The Morgan fingerprint density at radius 1 is 1.41 bits per heavy atom. The Balaban J connectivity index is 2.96. The Morgan fingerprint density at radius 2 is 2.00 bits per heavy atom. The van der Waals surface area contributed by atoms with Crippen LogP contribution in [-0.2, 0) is 0 Å². The first-order valence-corrected chi connectivity index (χ1v) is 4.93. The fourth-order valence-corrected chi connectivity index (χ4v) is 1.61. The van der Waals surface area contributed by atoms with E-state index in [-0.39, 0.29) is 5.84 Å². The molecule has 0 heterocycles. The number of amidine groups is 1. The number of benzene rings is 1. The number of nitrogens with zero attached hydrogens (tertiary/aromatic N) is 1.